The highest BCUT2D eigenvalue weighted by atomic mass is 19.2. The zero-order valence-electron chi connectivity index (χ0n) is 10.6. The van der Waals surface area contributed by atoms with E-state index in [1.165, 1.54) is 6.07 Å². The van der Waals surface area contributed by atoms with Gasteiger partial charge in [0.15, 0.2) is 18.2 Å². The van der Waals surface area contributed by atoms with Crippen LogP contribution in [0.4, 0.5) is 8.78 Å². The normalized spacial score (nSPS) is 10.1. The minimum atomic E-state index is -1.01. The summed E-state index contributed by atoms with van der Waals surface area (Å²) in [6, 6.07) is 12.5. The second kappa shape index (κ2) is 6.65. The molecule has 0 radical (unpaired) electrons. The van der Waals surface area contributed by atoms with E-state index in [9.17, 15) is 13.6 Å². The molecule has 0 heterocycles. The third kappa shape index (κ3) is 4.05. The van der Waals surface area contributed by atoms with Gasteiger partial charge in [-0.1, -0.05) is 30.3 Å². The van der Waals surface area contributed by atoms with Crippen LogP contribution >= 0.6 is 0 Å². The van der Waals surface area contributed by atoms with Gasteiger partial charge in [0.05, 0.1) is 0 Å². The van der Waals surface area contributed by atoms with Crippen LogP contribution in [0.2, 0.25) is 0 Å². The van der Waals surface area contributed by atoms with Crippen LogP contribution in [0.3, 0.4) is 0 Å². The average Bonchev–Trinajstić information content (AvgIpc) is 2.47. The number of carbonyl (C=O) groups excluding carboxylic acids is 1. The topological polar surface area (TPSA) is 38.3 Å². The molecular weight excluding hydrogens is 264 g/mol. The molecule has 0 aliphatic rings. The molecule has 2 aromatic carbocycles. The van der Waals surface area contributed by atoms with Crippen LogP contribution in [0.5, 0.6) is 5.75 Å². The number of hydrogen-bond acceptors (Lipinski definition) is 2. The van der Waals surface area contributed by atoms with Crippen molar-refractivity contribution in [3.8, 4) is 5.75 Å². The standard InChI is InChI=1S/C15H13F2NO2/c16-13-7-6-12(8-14(13)17)20-10-15(19)18-9-11-4-2-1-3-5-11/h1-8H,9-10H2,(H,18,19). The van der Waals surface area contributed by atoms with Crippen molar-refractivity contribution in [2.24, 2.45) is 0 Å². The van der Waals surface area contributed by atoms with Crippen LogP contribution in [-0.2, 0) is 11.3 Å². The molecular formula is C15H13F2NO2. The highest BCUT2D eigenvalue weighted by molar-refractivity contribution is 5.77. The summed E-state index contributed by atoms with van der Waals surface area (Å²) in [5, 5.41) is 2.66. The molecule has 0 saturated heterocycles. The minimum Gasteiger partial charge on any atom is -0.484 e. The van der Waals surface area contributed by atoms with Gasteiger partial charge in [0.1, 0.15) is 5.75 Å². The molecule has 0 bridgehead atoms. The van der Waals surface area contributed by atoms with E-state index >= 15 is 0 Å². The van der Waals surface area contributed by atoms with E-state index in [2.05, 4.69) is 5.32 Å². The maximum Gasteiger partial charge on any atom is 0.258 e. The lowest BCUT2D eigenvalue weighted by atomic mass is 10.2. The van der Waals surface area contributed by atoms with Crippen LogP contribution in [-0.4, -0.2) is 12.5 Å². The van der Waals surface area contributed by atoms with Crippen LogP contribution < -0.4 is 10.1 Å². The summed E-state index contributed by atoms with van der Waals surface area (Å²) >= 11 is 0. The molecule has 0 aliphatic heterocycles. The van der Waals surface area contributed by atoms with Gasteiger partial charge in [-0.3, -0.25) is 4.79 Å². The summed E-state index contributed by atoms with van der Waals surface area (Å²) in [6.45, 7) is 0.138. The van der Waals surface area contributed by atoms with Crippen molar-refractivity contribution < 1.29 is 18.3 Å². The molecule has 0 unspecified atom stereocenters. The minimum absolute atomic E-state index is 0.110. The van der Waals surface area contributed by atoms with Gasteiger partial charge in [0, 0.05) is 12.6 Å². The first-order valence-electron chi connectivity index (χ1n) is 6.03. The van der Waals surface area contributed by atoms with Gasteiger partial charge in [0.25, 0.3) is 5.91 Å². The Morgan fingerprint density at radius 2 is 1.80 bits per heavy atom. The first kappa shape index (κ1) is 14.0. The lowest BCUT2D eigenvalue weighted by molar-refractivity contribution is -0.123. The van der Waals surface area contributed by atoms with Gasteiger partial charge in [-0.25, -0.2) is 8.78 Å². The van der Waals surface area contributed by atoms with E-state index in [0.717, 1.165) is 17.7 Å². The van der Waals surface area contributed by atoms with Gasteiger partial charge in [-0.2, -0.15) is 0 Å². The predicted molar refractivity (Wildman–Crippen MR) is 70.1 cm³/mol. The Kier molecular flexibility index (Phi) is 4.65. The Labute approximate surface area is 115 Å². The molecule has 1 amide bonds. The summed E-state index contributed by atoms with van der Waals surface area (Å²) in [4.78, 5) is 11.5. The summed E-state index contributed by atoms with van der Waals surface area (Å²) in [6.07, 6.45) is 0. The van der Waals surface area contributed by atoms with Crippen molar-refractivity contribution in [2.45, 2.75) is 6.54 Å². The fourth-order valence-corrected chi connectivity index (χ4v) is 1.56. The molecule has 0 spiro atoms. The van der Waals surface area contributed by atoms with Crippen LogP contribution in [0, 0.1) is 11.6 Å². The Hall–Kier alpha value is -2.43. The molecule has 5 heteroatoms. The monoisotopic (exact) mass is 277 g/mol. The number of carbonyl (C=O) groups is 1. The van der Waals surface area contributed by atoms with Crippen LogP contribution in [0.1, 0.15) is 5.56 Å². The first-order valence-corrected chi connectivity index (χ1v) is 6.03. The number of rotatable bonds is 5. The maximum atomic E-state index is 12.9. The molecule has 0 saturated carbocycles. The Morgan fingerprint density at radius 1 is 1.05 bits per heavy atom. The lowest BCUT2D eigenvalue weighted by Crippen LogP contribution is -2.28. The molecule has 3 nitrogen and oxygen atoms in total. The van der Waals surface area contributed by atoms with Crippen molar-refractivity contribution in [1.82, 2.24) is 5.32 Å². The van der Waals surface area contributed by atoms with Gasteiger partial charge in [-0.15, -0.1) is 0 Å². The summed E-state index contributed by atoms with van der Waals surface area (Å²) in [5.41, 5.74) is 0.966. The van der Waals surface area contributed by atoms with Gasteiger partial charge in [-0.05, 0) is 17.7 Å². The van der Waals surface area contributed by atoms with Gasteiger partial charge >= 0.3 is 0 Å². The van der Waals surface area contributed by atoms with Crippen LogP contribution in [0.15, 0.2) is 48.5 Å². The van der Waals surface area contributed by atoms with Crippen molar-refractivity contribution in [1.29, 1.82) is 0 Å². The number of amides is 1. The number of halogens is 2. The lowest BCUT2D eigenvalue weighted by Gasteiger charge is -2.07. The van der Waals surface area contributed by atoms with Crippen molar-refractivity contribution in [3.05, 3.63) is 65.7 Å². The van der Waals surface area contributed by atoms with E-state index in [-0.39, 0.29) is 18.3 Å². The average molecular weight is 277 g/mol. The maximum absolute atomic E-state index is 12.9. The fraction of sp³-hybridized carbons (Fsp3) is 0.133. The molecule has 2 aromatic rings. The zero-order chi connectivity index (χ0) is 14.4. The Bertz CT molecular complexity index is 588. The van der Waals surface area contributed by atoms with Crippen molar-refractivity contribution >= 4 is 5.91 Å². The first-order chi connectivity index (χ1) is 9.65. The third-order valence-corrected chi connectivity index (χ3v) is 2.59. The number of benzene rings is 2. The van der Waals surface area contributed by atoms with E-state index in [0.29, 0.717) is 6.54 Å². The van der Waals surface area contributed by atoms with Crippen molar-refractivity contribution in [2.75, 3.05) is 6.61 Å². The molecule has 1 N–H and O–H groups in total. The van der Waals surface area contributed by atoms with E-state index in [1.54, 1.807) is 0 Å². The fourth-order valence-electron chi connectivity index (χ4n) is 1.56. The van der Waals surface area contributed by atoms with E-state index < -0.39 is 11.6 Å². The SMILES string of the molecule is O=C(COc1ccc(F)c(F)c1)NCc1ccccc1. The molecule has 20 heavy (non-hydrogen) atoms. The summed E-state index contributed by atoms with van der Waals surface area (Å²) in [7, 11) is 0. The van der Waals surface area contributed by atoms with Crippen LogP contribution in [0.25, 0.3) is 0 Å². The molecule has 104 valence electrons. The third-order valence-electron chi connectivity index (χ3n) is 2.59. The number of hydrogen-bond donors (Lipinski definition) is 1. The highest BCUT2D eigenvalue weighted by Gasteiger charge is 2.06. The largest absolute Gasteiger partial charge is 0.484 e. The van der Waals surface area contributed by atoms with E-state index in [4.69, 9.17) is 4.74 Å². The molecule has 0 aromatic heterocycles. The molecule has 0 fully saturated rings. The zero-order valence-corrected chi connectivity index (χ0v) is 10.6. The predicted octanol–water partition coefficient (Wildman–Crippen LogP) is 2.66. The summed E-state index contributed by atoms with van der Waals surface area (Å²) < 4.78 is 30.7. The Balaban J connectivity index is 1.79. The van der Waals surface area contributed by atoms with Gasteiger partial charge < -0.3 is 10.1 Å². The molecule has 0 atom stereocenters. The van der Waals surface area contributed by atoms with Gasteiger partial charge in [0.2, 0.25) is 0 Å². The van der Waals surface area contributed by atoms with E-state index in [1.807, 2.05) is 30.3 Å². The summed E-state index contributed by atoms with van der Waals surface area (Å²) in [5.74, 6) is -2.18. The smallest absolute Gasteiger partial charge is 0.258 e. The molecule has 0 aliphatic carbocycles. The van der Waals surface area contributed by atoms with Crippen molar-refractivity contribution in [3.63, 3.8) is 0 Å². The number of nitrogens with one attached hydrogen (secondary N) is 1. The second-order valence-electron chi connectivity index (χ2n) is 4.13. The number of ether oxygens (including phenoxy) is 1. The molecule has 2 rings (SSSR count). The second-order valence-corrected chi connectivity index (χ2v) is 4.13. The highest BCUT2D eigenvalue weighted by Crippen LogP contribution is 2.15. The quantitative estimate of drug-likeness (QED) is 0.912. The Morgan fingerprint density at radius 3 is 2.50 bits per heavy atom.